The smallest absolute Gasteiger partial charge is 0.227 e. The molecule has 0 bridgehead atoms. The summed E-state index contributed by atoms with van der Waals surface area (Å²) in [6, 6.07) is 6.65. The lowest BCUT2D eigenvalue weighted by molar-refractivity contribution is -0.137. The van der Waals surface area contributed by atoms with Crippen LogP contribution in [0.25, 0.3) is 0 Å². The molecule has 0 spiro atoms. The molecule has 1 aromatic heterocycles. The van der Waals surface area contributed by atoms with Crippen molar-refractivity contribution in [3.63, 3.8) is 0 Å². The van der Waals surface area contributed by atoms with Gasteiger partial charge in [0.15, 0.2) is 9.84 Å². The number of benzene rings is 2. The molecule has 0 aliphatic heterocycles. The lowest BCUT2D eigenvalue weighted by Crippen LogP contribution is -2.41. The van der Waals surface area contributed by atoms with E-state index in [2.05, 4.69) is 9.97 Å². The quantitative estimate of drug-likeness (QED) is 0.307. The molecule has 198 valence electrons. The van der Waals surface area contributed by atoms with E-state index in [1.807, 2.05) is 0 Å². The maximum Gasteiger partial charge on any atom is 0.416 e. The molecule has 1 aliphatic carbocycles. The molecule has 13 heteroatoms. The van der Waals surface area contributed by atoms with Crippen molar-refractivity contribution in [1.82, 2.24) is 9.97 Å². The van der Waals surface area contributed by atoms with Crippen LogP contribution < -0.4 is 0 Å². The zero-order valence-electron chi connectivity index (χ0n) is 19.1. The van der Waals surface area contributed by atoms with Gasteiger partial charge in [0.1, 0.15) is 16.4 Å². The van der Waals surface area contributed by atoms with Crippen molar-refractivity contribution in [3.8, 4) is 0 Å². The highest BCUT2D eigenvalue weighted by Gasteiger charge is 2.50. The second-order valence-corrected chi connectivity index (χ2v) is 13.1. The fourth-order valence-electron chi connectivity index (χ4n) is 4.72. The van der Waals surface area contributed by atoms with Gasteiger partial charge in [0.25, 0.3) is 0 Å². The molecule has 0 N–H and O–H groups in total. The molecule has 2 aromatic carbocycles. The SMILES string of the molecule is O=S(=O)(CC1CCC(c2cc(F)ccc2F)(S(=O)(=O)c2ccc(C(F)(F)F)cc2)CC1)c1ncccn1. The Balaban J connectivity index is 1.71. The highest BCUT2D eigenvalue weighted by Crippen LogP contribution is 2.49. The van der Waals surface area contributed by atoms with Crippen LogP contribution in [0.5, 0.6) is 0 Å². The number of alkyl halides is 3. The molecule has 0 atom stereocenters. The highest BCUT2D eigenvalue weighted by atomic mass is 32.2. The number of sulfone groups is 2. The van der Waals surface area contributed by atoms with E-state index in [1.54, 1.807) is 0 Å². The highest BCUT2D eigenvalue weighted by molar-refractivity contribution is 7.92. The first kappa shape index (κ1) is 27.1. The zero-order valence-corrected chi connectivity index (χ0v) is 20.8. The topological polar surface area (TPSA) is 94.1 Å². The van der Waals surface area contributed by atoms with Gasteiger partial charge in [-0.15, -0.1) is 0 Å². The molecule has 1 saturated carbocycles. The Morgan fingerprint density at radius 3 is 2.05 bits per heavy atom. The van der Waals surface area contributed by atoms with E-state index in [1.165, 1.54) is 18.5 Å². The van der Waals surface area contributed by atoms with Gasteiger partial charge in [-0.3, -0.25) is 0 Å². The predicted octanol–water partition coefficient (Wildman–Crippen LogP) is 5.11. The van der Waals surface area contributed by atoms with Crippen molar-refractivity contribution in [2.75, 3.05) is 5.75 Å². The molecule has 0 radical (unpaired) electrons. The summed E-state index contributed by atoms with van der Waals surface area (Å²) >= 11 is 0. The molecule has 3 aromatic rings. The Bertz CT molecular complexity index is 1490. The monoisotopic (exact) mass is 560 g/mol. The average Bonchev–Trinajstić information content (AvgIpc) is 2.86. The van der Waals surface area contributed by atoms with E-state index < -0.39 is 64.2 Å². The van der Waals surface area contributed by atoms with E-state index in [0.717, 1.165) is 30.3 Å². The Labute approximate surface area is 210 Å². The minimum atomic E-state index is -4.69. The van der Waals surface area contributed by atoms with Gasteiger partial charge in [0.05, 0.1) is 16.2 Å². The van der Waals surface area contributed by atoms with Gasteiger partial charge < -0.3 is 0 Å². The Kier molecular flexibility index (Phi) is 7.14. The standard InChI is InChI=1S/C24H21F5N2O4S2/c25-18-4-7-21(26)20(14-18)23(37(34,35)19-5-2-17(3-6-19)24(27,28)29)10-8-16(9-11-23)15-36(32,33)22-30-12-1-13-31-22/h1-7,12-14,16H,8-11,15H2. The Hall–Kier alpha value is -2.93. The zero-order chi connectivity index (χ0) is 27.1. The van der Waals surface area contributed by atoms with Crippen LogP contribution in [0.1, 0.15) is 36.8 Å². The van der Waals surface area contributed by atoms with E-state index in [-0.39, 0.29) is 36.6 Å². The lowest BCUT2D eigenvalue weighted by atomic mass is 9.78. The third-order valence-electron chi connectivity index (χ3n) is 6.61. The second-order valence-electron chi connectivity index (χ2n) is 8.90. The van der Waals surface area contributed by atoms with E-state index in [4.69, 9.17) is 0 Å². The van der Waals surface area contributed by atoms with Crippen molar-refractivity contribution < 1.29 is 38.8 Å². The number of aromatic nitrogens is 2. The third kappa shape index (κ3) is 5.24. The van der Waals surface area contributed by atoms with Crippen molar-refractivity contribution in [2.45, 2.75) is 46.7 Å². The summed E-state index contributed by atoms with van der Waals surface area (Å²) < 4.78 is 119. The minimum absolute atomic E-state index is 0.0158. The van der Waals surface area contributed by atoms with Crippen LogP contribution in [-0.2, 0) is 30.6 Å². The summed E-state index contributed by atoms with van der Waals surface area (Å²) in [5.41, 5.74) is -1.51. The Morgan fingerprint density at radius 2 is 1.49 bits per heavy atom. The van der Waals surface area contributed by atoms with Crippen LogP contribution in [0.15, 0.2) is 71.0 Å². The summed E-state index contributed by atoms with van der Waals surface area (Å²) in [5.74, 6) is -2.77. The first-order valence-corrected chi connectivity index (χ1v) is 14.3. The molecule has 4 rings (SSSR count). The molecule has 1 aliphatic rings. The van der Waals surface area contributed by atoms with Crippen molar-refractivity contribution in [1.29, 1.82) is 0 Å². The number of halogens is 5. The molecular weight excluding hydrogens is 539 g/mol. The van der Waals surface area contributed by atoms with Crippen molar-refractivity contribution in [2.24, 2.45) is 5.92 Å². The van der Waals surface area contributed by atoms with Gasteiger partial charge >= 0.3 is 6.18 Å². The van der Waals surface area contributed by atoms with Crippen LogP contribution in [-0.4, -0.2) is 32.6 Å². The summed E-state index contributed by atoms with van der Waals surface area (Å²) in [6.07, 6.45) is -2.66. The molecular formula is C24H21F5N2O4S2. The summed E-state index contributed by atoms with van der Waals surface area (Å²) in [5, 5.41) is -0.375. The van der Waals surface area contributed by atoms with Crippen LogP contribution in [0.3, 0.4) is 0 Å². The summed E-state index contributed by atoms with van der Waals surface area (Å²) in [6.45, 7) is 0. The third-order valence-corrected chi connectivity index (χ3v) is 10.8. The molecule has 0 saturated heterocycles. The fraction of sp³-hybridized carbons (Fsp3) is 0.333. The van der Waals surface area contributed by atoms with Crippen molar-refractivity contribution >= 4 is 19.7 Å². The minimum Gasteiger partial charge on any atom is -0.227 e. The molecule has 1 heterocycles. The van der Waals surface area contributed by atoms with Crippen LogP contribution >= 0.6 is 0 Å². The van der Waals surface area contributed by atoms with Gasteiger partial charge in [0, 0.05) is 18.0 Å². The number of hydrogen-bond donors (Lipinski definition) is 0. The van der Waals surface area contributed by atoms with E-state index in [9.17, 15) is 38.8 Å². The lowest BCUT2D eigenvalue weighted by Gasteiger charge is -2.40. The maximum atomic E-state index is 15.0. The Morgan fingerprint density at radius 1 is 0.892 bits per heavy atom. The number of hydrogen-bond acceptors (Lipinski definition) is 6. The first-order valence-electron chi connectivity index (χ1n) is 11.1. The van der Waals surface area contributed by atoms with Crippen LogP contribution in [0.2, 0.25) is 0 Å². The molecule has 1 fully saturated rings. The predicted molar refractivity (Wildman–Crippen MR) is 123 cm³/mol. The maximum absolute atomic E-state index is 15.0. The van der Waals surface area contributed by atoms with Gasteiger partial charge in [-0.25, -0.2) is 35.6 Å². The largest absolute Gasteiger partial charge is 0.416 e. The van der Waals surface area contributed by atoms with Gasteiger partial charge in [-0.2, -0.15) is 13.2 Å². The summed E-state index contributed by atoms with van der Waals surface area (Å²) in [4.78, 5) is 7.02. The molecule has 6 nitrogen and oxygen atoms in total. The fourth-order valence-corrected chi connectivity index (χ4v) is 8.43. The average molecular weight is 561 g/mol. The van der Waals surface area contributed by atoms with Crippen LogP contribution in [0, 0.1) is 17.6 Å². The molecule has 0 unspecified atom stereocenters. The van der Waals surface area contributed by atoms with E-state index >= 15 is 0 Å². The molecule has 37 heavy (non-hydrogen) atoms. The van der Waals surface area contributed by atoms with Gasteiger partial charge in [-0.05, 0) is 80.1 Å². The van der Waals surface area contributed by atoms with Gasteiger partial charge in [-0.1, -0.05) is 0 Å². The number of nitrogens with zero attached hydrogens (tertiary/aromatic N) is 2. The summed E-state index contributed by atoms with van der Waals surface area (Å²) in [7, 11) is -8.44. The van der Waals surface area contributed by atoms with E-state index in [0.29, 0.717) is 12.1 Å². The van der Waals surface area contributed by atoms with Crippen LogP contribution in [0.4, 0.5) is 22.0 Å². The van der Waals surface area contributed by atoms with Gasteiger partial charge in [0.2, 0.25) is 15.0 Å². The number of rotatable bonds is 6. The molecule has 0 amide bonds. The van der Waals surface area contributed by atoms with Crippen molar-refractivity contribution in [3.05, 3.63) is 83.7 Å². The second kappa shape index (κ2) is 9.75. The normalized spacial score (nSPS) is 21.1. The first-order chi connectivity index (χ1) is 17.3.